The van der Waals surface area contributed by atoms with Crippen LogP contribution in [0.1, 0.15) is 50.2 Å². The number of likely N-dealkylation sites (tertiary alicyclic amines) is 1. The highest BCUT2D eigenvalue weighted by molar-refractivity contribution is 5.96. The maximum atomic E-state index is 12.7. The summed E-state index contributed by atoms with van der Waals surface area (Å²) >= 11 is 0. The van der Waals surface area contributed by atoms with Gasteiger partial charge in [0.1, 0.15) is 6.54 Å². The predicted molar refractivity (Wildman–Crippen MR) is 93.6 cm³/mol. The Morgan fingerprint density at radius 2 is 1.74 bits per heavy atom. The lowest BCUT2D eigenvalue weighted by Crippen LogP contribution is -2.43. The molecule has 4 heteroatoms. The van der Waals surface area contributed by atoms with E-state index in [1.807, 2.05) is 32.9 Å². The topological polar surface area (TPSA) is 40.6 Å². The van der Waals surface area contributed by atoms with Crippen LogP contribution in [-0.2, 0) is 9.59 Å². The summed E-state index contributed by atoms with van der Waals surface area (Å²) in [6.07, 6.45) is 4.78. The van der Waals surface area contributed by atoms with Gasteiger partial charge in [0.2, 0.25) is 11.8 Å². The number of carbonyl (C=O) groups excluding carboxylic acids is 2. The van der Waals surface area contributed by atoms with Gasteiger partial charge >= 0.3 is 0 Å². The van der Waals surface area contributed by atoms with Crippen molar-refractivity contribution in [3.63, 3.8) is 0 Å². The van der Waals surface area contributed by atoms with Crippen molar-refractivity contribution in [3.8, 4) is 0 Å². The van der Waals surface area contributed by atoms with Crippen LogP contribution in [-0.4, -0.2) is 36.3 Å². The Hall–Kier alpha value is -1.84. The molecule has 0 radical (unpaired) electrons. The zero-order valence-corrected chi connectivity index (χ0v) is 14.6. The van der Waals surface area contributed by atoms with E-state index < -0.39 is 0 Å². The van der Waals surface area contributed by atoms with Gasteiger partial charge in [-0.1, -0.05) is 18.9 Å². The molecule has 0 spiro atoms. The maximum Gasteiger partial charge on any atom is 0.246 e. The minimum atomic E-state index is 0.00595. The molecule has 1 saturated heterocycles. The van der Waals surface area contributed by atoms with Gasteiger partial charge in [0.25, 0.3) is 0 Å². The Morgan fingerprint density at radius 1 is 1.09 bits per heavy atom. The third-order valence-corrected chi connectivity index (χ3v) is 4.38. The molecule has 1 heterocycles. The van der Waals surface area contributed by atoms with E-state index in [9.17, 15) is 9.59 Å². The third kappa shape index (κ3) is 4.81. The van der Waals surface area contributed by atoms with Gasteiger partial charge < -0.3 is 9.80 Å². The van der Waals surface area contributed by atoms with E-state index >= 15 is 0 Å². The smallest absolute Gasteiger partial charge is 0.246 e. The molecule has 0 bridgehead atoms. The highest BCUT2D eigenvalue weighted by Crippen LogP contribution is 2.20. The summed E-state index contributed by atoms with van der Waals surface area (Å²) in [5, 5.41) is 0. The molecule has 4 nitrogen and oxygen atoms in total. The lowest BCUT2D eigenvalue weighted by Gasteiger charge is -2.28. The molecule has 1 aliphatic rings. The van der Waals surface area contributed by atoms with Gasteiger partial charge in [-0.2, -0.15) is 0 Å². The van der Waals surface area contributed by atoms with E-state index in [0.29, 0.717) is 19.5 Å². The Morgan fingerprint density at radius 3 is 2.39 bits per heavy atom. The van der Waals surface area contributed by atoms with Crippen LogP contribution < -0.4 is 4.90 Å². The van der Waals surface area contributed by atoms with Crippen LogP contribution in [0.4, 0.5) is 5.69 Å². The molecule has 1 aromatic rings. The van der Waals surface area contributed by atoms with Crippen LogP contribution >= 0.6 is 0 Å². The number of amides is 2. The van der Waals surface area contributed by atoms with E-state index in [1.54, 1.807) is 9.80 Å². The van der Waals surface area contributed by atoms with Crippen molar-refractivity contribution >= 4 is 17.5 Å². The number of nitrogens with zero attached hydrogens (tertiary/aromatic N) is 2. The second-order valence-corrected chi connectivity index (χ2v) is 6.46. The largest absolute Gasteiger partial charge is 0.333 e. The minimum absolute atomic E-state index is 0.00595. The molecule has 0 aliphatic carbocycles. The Kier molecular flexibility index (Phi) is 6.20. The average molecular weight is 316 g/mol. The van der Waals surface area contributed by atoms with Crippen LogP contribution in [0, 0.1) is 13.8 Å². The molecule has 0 unspecified atom stereocenters. The zero-order chi connectivity index (χ0) is 16.8. The van der Waals surface area contributed by atoms with Gasteiger partial charge in [-0.15, -0.1) is 0 Å². The van der Waals surface area contributed by atoms with Crippen molar-refractivity contribution in [1.82, 2.24) is 4.90 Å². The molecule has 0 aromatic heterocycles. The van der Waals surface area contributed by atoms with Gasteiger partial charge in [-0.3, -0.25) is 9.59 Å². The van der Waals surface area contributed by atoms with Crippen LogP contribution in [0.5, 0.6) is 0 Å². The second kappa shape index (κ2) is 8.14. The van der Waals surface area contributed by atoms with Crippen molar-refractivity contribution in [3.05, 3.63) is 29.3 Å². The maximum absolute atomic E-state index is 12.7. The van der Waals surface area contributed by atoms with Crippen molar-refractivity contribution in [2.75, 3.05) is 24.5 Å². The van der Waals surface area contributed by atoms with E-state index in [1.165, 1.54) is 0 Å². The molecular formula is C19H28N2O2. The van der Waals surface area contributed by atoms with Gasteiger partial charge in [0.15, 0.2) is 0 Å². The van der Waals surface area contributed by atoms with E-state index in [-0.39, 0.29) is 18.4 Å². The molecule has 1 aromatic carbocycles. The number of hydrogen-bond donors (Lipinski definition) is 0. The van der Waals surface area contributed by atoms with Crippen molar-refractivity contribution in [1.29, 1.82) is 0 Å². The quantitative estimate of drug-likeness (QED) is 0.853. The zero-order valence-electron chi connectivity index (χ0n) is 14.6. The minimum Gasteiger partial charge on any atom is -0.333 e. The molecule has 126 valence electrons. The Balaban J connectivity index is 2.11. The molecule has 2 amide bonds. The number of aryl methyl sites for hydroxylation is 2. The fourth-order valence-corrected chi connectivity index (χ4v) is 3.24. The summed E-state index contributed by atoms with van der Waals surface area (Å²) in [5.74, 6) is 0.126. The molecule has 0 atom stereocenters. The van der Waals surface area contributed by atoms with E-state index in [2.05, 4.69) is 6.07 Å². The van der Waals surface area contributed by atoms with Crippen molar-refractivity contribution in [2.45, 2.75) is 52.9 Å². The van der Waals surface area contributed by atoms with Crippen LogP contribution in [0.15, 0.2) is 18.2 Å². The molecule has 0 saturated carbocycles. The van der Waals surface area contributed by atoms with E-state index in [4.69, 9.17) is 0 Å². The van der Waals surface area contributed by atoms with Gasteiger partial charge in [-0.05, 0) is 56.9 Å². The molecule has 23 heavy (non-hydrogen) atoms. The van der Waals surface area contributed by atoms with Gasteiger partial charge in [-0.25, -0.2) is 0 Å². The lowest BCUT2D eigenvalue weighted by molar-refractivity contribution is -0.135. The fraction of sp³-hybridized carbons (Fsp3) is 0.579. The van der Waals surface area contributed by atoms with Gasteiger partial charge in [0, 0.05) is 25.2 Å². The summed E-state index contributed by atoms with van der Waals surface area (Å²) < 4.78 is 0. The molecule has 1 fully saturated rings. The second-order valence-electron chi connectivity index (χ2n) is 6.46. The number of benzene rings is 1. The highest BCUT2D eigenvalue weighted by atomic mass is 16.2. The first kappa shape index (κ1) is 17.5. The van der Waals surface area contributed by atoms with Crippen molar-refractivity contribution < 1.29 is 9.59 Å². The Bertz CT molecular complexity index is 548. The average Bonchev–Trinajstić information content (AvgIpc) is 2.47. The summed E-state index contributed by atoms with van der Waals surface area (Å²) in [5.41, 5.74) is 3.22. The number of hydrogen-bond acceptors (Lipinski definition) is 2. The van der Waals surface area contributed by atoms with E-state index in [0.717, 1.165) is 42.5 Å². The summed E-state index contributed by atoms with van der Waals surface area (Å²) in [4.78, 5) is 28.5. The fourth-order valence-electron chi connectivity index (χ4n) is 3.24. The lowest BCUT2D eigenvalue weighted by atomic mass is 10.1. The third-order valence-electron chi connectivity index (χ3n) is 4.38. The SMILES string of the molecule is CCN(C(=O)CN1CCCCCCC1=O)c1cc(C)cc(C)c1. The van der Waals surface area contributed by atoms with Crippen LogP contribution in [0.2, 0.25) is 0 Å². The molecule has 1 aliphatic heterocycles. The standard InChI is InChI=1S/C19H28N2O2/c1-4-21(17-12-15(2)11-16(3)13-17)19(23)14-20-10-8-6-5-7-9-18(20)22/h11-13H,4-10,14H2,1-3H3. The van der Waals surface area contributed by atoms with Crippen LogP contribution in [0.3, 0.4) is 0 Å². The monoisotopic (exact) mass is 316 g/mol. The number of anilines is 1. The summed E-state index contributed by atoms with van der Waals surface area (Å²) in [6, 6.07) is 6.16. The van der Waals surface area contributed by atoms with Gasteiger partial charge in [0.05, 0.1) is 0 Å². The molecule has 0 N–H and O–H groups in total. The normalized spacial score (nSPS) is 16.0. The Labute approximate surface area is 139 Å². The first-order valence-electron chi connectivity index (χ1n) is 8.67. The highest BCUT2D eigenvalue weighted by Gasteiger charge is 2.22. The number of carbonyl (C=O) groups is 2. The first-order valence-corrected chi connectivity index (χ1v) is 8.67. The van der Waals surface area contributed by atoms with Crippen LogP contribution in [0.25, 0.3) is 0 Å². The molecular weight excluding hydrogens is 288 g/mol. The predicted octanol–water partition coefficient (Wildman–Crippen LogP) is 3.45. The summed E-state index contributed by atoms with van der Waals surface area (Å²) in [7, 11) is 0. The number of rotatable bonds is 4. The number of likely N-dealkylation sites (N-methyl/N-ethyl adjacent to an activating group) is 1. The van der Waals surface area contributed by atoms with Crippen molar-refractivity contribution in [2.24, 2.45) is 0 Å². The summed E-state index contributed by atoms with van der Waals surface area (Å²) in [6.45, 7) is 7.57. The first-order chi connectivity index (χ1) is 11.0. The molecule has 2 rings (SSSR count).